The highest BCUT2D eigenvalue weighted by Crippen LogP contribution is 2.20. The summed E-state index contributed by atoms with van der Waals surface area (Å²) < 4.78 is 19.5. The van der Waals surface area contributed by atoms with E-state index in [9.17, 15) is 4.39 Å². The van der Waals surface area contributed by atoms with Crippen LogP contribution >= 0.6 is 0 Å². The second-order valence-electron chi connectivity index (χ2n) is 5.41. The molecular formula is C17H18FN5O. The van der Waals surface area contributed by atoms with E-state index >= 15 is 0 Å². The molecule has 1 aromatic carbocycles. The fourth-order valence-corrected chi connectivity index (χ4v) is 2.31. The van der Waals surface area contributed by atoms with Crippen molar-refractivity contribution in [2.45, 2.75) is 32.7 Å². The molecular weight excluding hydrogens is 309 g/mol. The van der Waals surface area contributed by atoms with Gasteiger partial charge in [0.05, 0.1) is 18.2 Å². The molecule has 3 aromatic rings. The van der Waals surface area contributed by atoms with Crippen molar-refractivity contribution < 1.29 is 8.91 Å². The summed E-state index contributed by atoms with van der Waals surface area (Å²) in [5.41, 5.74) is 1.46. The van der Waals surface area contributed by atoms with Crippen molar-refractivity contribution >= 4 is 5.82 Å². The molecule has 1 unspecified atom stereocenters. The van der Waals surface area contributed by atoms with Crippen LogP contribution in [0.15, 0.2) is 41.2 Å². The molecule has 0 bridgehead atoms. The molecule has 6 nitrogen and oxygen atoms in total. The van der Waals surface area contributed by atoms with E-state index in [0.29, 0.717) is 30.3 Å². The molecule has 0 saturated heterocycles. The minimum Gasteiger partial charge on any atom is -0.358 e. The predicted octanol–water partition coefficient (Wildman–Crippen LogP) is 3.33. The maximum Gasteiger partial charge on any atom is 0.231 e. The average molecular weight is 327 g/mol. The van der Waals surface area contributed by atoms with Gasteiger partial charge in [0.25, 0.3) is 0 Å². The Kier molecular flexibility index (Phi) is 4.79. The molecule has 0 saturated carbocycles. The molecule has 0 aliphatic rings. The molecule has 1 atom stereocenters. The molecule has 0 aliphatic heterocycles. The Morgan fingerprint density at radius 3 is 2.75 bits per heavy atom. The third-order valence-corrected chi connectivity index (χ3v) is 3.62. The fourth-order valence-electron chi connectivity index (χ4n) is 2.31. The quantitative estimate of drug-likeness (QED) is 0.748. The lowest BCUT2D eigenvalue weighted by molar-refractivity contribution is 0.377. The minimum absolute atomic E-state index is 0.142. The van der Waals surface area contributed by atoms with Crippen molar-refractivity contribution in [1.82, 2.24) is 20.1 Å². The van der Waals surface area contributed by atoms with Crippen molar-refractivity contribution in [2.24, 2.45) is 0 Å². The molecule has 0 amide bonds. The number of nitrogens with one attached hydrogen (secondary N) is 1. The van der Waals surface area contributed by atoms with E-state index in [0.717, 1.165) is 5.56 Å². The number of halogens is 1. The second kappa shape index (κ2) is 7.16. The predicted molar refractivity (Wildman–Crippen MR) is 87.0 cm³/mol. The number of nitrogens with zero attached hydrogens (tertiary/aromatic N) is 4. The van der Waals surface area contributed by atoms with E-state index in [4.69, 9.17) is 4.52 Å². The Morgan fingerprint density at radius 2 is 2.00 bits per heavy atom. The lowest BCUT2D eigenvalue weighted by Crippen LogP contribution is -2.12. The highest BCUT2D eigenvalue weighted by Gasteiger charge is 2.17. The Hall–Kier alpha value is -2.83. The van der Waals surface area contributed by atoms with Crippen LogP contribution in [-0.4, -0.2) is 20.1 Å². The summed E-state index contributed by atoms with van der Waals surface area (Å²) in [5, 5.41) is 6.93. The minimum atomic E-state index is -0.445. The molecule has 2 heterocycles. The van der Waals surface area contributed by atoms with Crippen LogP contribution in [0.3, 0.4) is 0 Å². The first-order valence-corrected chi connectivity index (χ1v) is 7.79. The van der Waals surface area contributed by atoms with Crippen LogP contribution in [0.25, 0.3) is 0 Å². The van der Waals surface area contributed by atoms with Gasteiger partial charge in [-0.1, -0.05) is 42.4 Å². The Morgan fingerprint density at radius 1 is 1.21 bits per heavy atom. The zero-order chi connectivity index (χ0) is 16.9. The summed E-state index contributed by atoms with van der Waals surface area (Å²) in [4.78, 5) is 12.2. The molecule has 0 aliphatic carbocycles. The smallest absolute Gasteiger partial charge is 0.231 e. The Labute approximate surface area is 139 Å². The molecule has 0 radical (unpaired) electrons. The van der Waals surface area contributed by atoms with E-state index in [1.54, 1.807) is 0 Å². The van der Waals surface area contributed by atoms with E-state index < -0.39 is 5.82 Å². The molecule has 124 valence electrons. The van der Waals surface area contributed by atoms with Gasteiger partial charge in [-0.3, -0.25) is 0 Å². The maximum absolute atomic E-state index is 14.2. The summed E-state index contributed by atoms with van der Waals surface area (Å²) in [6.45, 7) is 3.66. The Bertz CT molecular complexity index is 806. The number of hydrogen-bond acceptors (Lipinski definition) is 6. The largest absolute Gasteiger partial charge is 0.358 e. The second-order valence-corrected chi connectivity index (χ2v) is 5.41. The van der Waals surface area contributed by atoms with Gasteiger partial charge in [0.15, 0.2) is 17.5 Å². The monoisotopic (exact) mass is 327 g/mol. The van der Waals surface area contributed by atoms with E-state index in [1.807, 2.05) is 44.2 Å². The van der Waals surface area contributed by atoms with Gasteiger partial charge in [-0.05, 0) is 18.9 Å². The van der Waals surface area contributed by atoms with E-state index in [1.165, 1.54) is 6.33 Å². The third-order valence-electron chi connectivity index (χ3n) is 3.62. The van der Waals surface area contributed by atoms with Crippen molar-refractivity contribution in [3.63, 3.8) is 0 Å². The van der Waals surface area contributed by atoms with Crippen LogP contribution in [0, 0.1) is 5.82 Å². The van der Waals surface area contributed by atoms with E-state index in [-0.39, 0.29) is 11.9 Å². The first-order chi connectivity index (χ1) is 11.7. The SMILES string of the molecule is CCc1ncnc(NC(C)c2noc(Cc3ccccc3)n2)c1F. The normalized spacial score (nSPS) is 12.1. The first-order valence-electron chi connectivity index (χ1n) is 7.79. The van der Waals surface area contributed by atoms with Gasteiger partial charge in [0.2, 0.25) is 5.89 Å². The van der Waals surface area contributed by atoms with Crippen molar-refractivity contribution in [1.29, 1.82) is 0 Å². The standard InChI is InChI=1S/C17H18FN5O/c1-3-13-15(18)17(20-10-19-13)21-11(2)16-22-14(24-23-16)9-12-7-5-4-6-8-12/h4-8,10-11H,3,9H2,1-2H3,(H,19,20,21). The van der Waals surface area contributed by atoms with Gasteiger partial charge in [-0.15, -0.1) is 0 Å². The third kappa shape index (κ3) is 3.56. The van der Waals surface area contributed by atoms with Crippen LogP contribution in [0.4, 0.5) is 10.2 Å². The summed E-state index contributed by atoms with van der Waals surface area (Å²) in [6, 6.07) is 9.52. The summed E-state index contributed by atoms with van der Waals surface area (Å²) >= 11 is 0. The summed E-state index contributed by atoms with van der Waals surface area (Å²) in [5.74, 6) is 0.669. The van der Waals surface area contributed by atoms with Gasteiger partial charge in [-0.2, -0.15) is 4.98 Å². The molecule has 0 spiro atoms. The number of anilines is 1. The van der Waals surface area contributed by atoms with Crippen LogP contribution in [0.1, 0.15) is 42.9 Å². The first kappa shape index (κ1) is 16.0. The van der Waals surface area contributed by atoms with Gasteiger partial charge in [0.1, 0.15) is 6.33 Å². The average Bonchev–Trinajstić information content (AvgIpc) is 3.06. The molecule has 24 heavy (non-hydrogen) atoms. The van der Waals surface area contributed by atoms with Gasteiger partial charge in [0, 0.05) is 0 Å². The Balaban J connectivity index is 1.71. The zero-order valence-electron chi connectivity index (χ0n) is 13.5. The highest BCUT2D eigenvalue weighted by molar-refractivity contribution is 5.38. The number of rotatable bonds is 6. The number of aryl methyl sites for hydroxylation is 1. The topological polar surface area (TPSA) is 76.7 Å². The van der Waals surface area contributed by atoms with Crippen LogP contribution in [0.2, 0.25) is 0 Å². The molecule has 3 rings (SSSR count). The fraction of sp³-hybridized carbons (Fsp3) is 0.294. The van der Waals surface area contributed by atoms with Gasteiger partial charge < -0.3 is 9.84 Å². The molecule has 7 heteroatoms. The van der Waals surface area contributed by atoms with Crippen molar-refractivity contribution in [3.8, 4) is 0 Å². The molecule has 0 fully saturated rings. The summed E-state index contributed by atoms with van der Waals surface area (Å²) in [6.07, 6.45) is 2.40. The maximum atomic E-state index is 14.2. The van der Waals surface area contributed by atoms with Crippen molar-refractivity contribution in [3.05, 3.63) is 65.4 Å². The van der Waals surface area contributed by atoms with Gasteiger partial charge >= 0.3 is 0 Å². The van der Waals surface area contributed by atoms with Crippen LogP contribution < -0.4 is 5.32 Å². The number of hydrogen-bond donors (Lipinski definition) is 1. The lowest BCUT2D eigenvalue weighted by atomic mass is 10.1. The van der Waals surface area contributed by atoms with Crippen LogP contribution in [-0.2, 0) is 12.8 Å². The lowest BCUT2D eigenvalue weighted by Gasteiger charge is -2.12. The van der Waals surface area contributed by atoms with E-state index in [2.05, 4.69) is 25.4 Å². The van der Waals surface area contributed by atoms with Crippen LogP contribution in [0.5, 0.6) is 0 Å². The number of aromatic nitrogens is 4. The summed E-state index contributed by atoms with van der Waals surface area (Å²) in [7, 11) is 0. The number of benzene rings is 1. The van der Waals surface area contributed by atoms with Gasteiger partial charge in [-0.25, -0.2) is 14.4 Å². The molecule has 1 N–H and O–H groups in total. The van der Waals surface area contributed by atoms with Crippen molar-refractivity contribution in [2.75, 3.05) is 5.32 Å². The highest BCUT2D eigenvalue weighted by atomic mass is 19.1. The molecule has 2 aromatic heterocycles. The zero-order valence-corrected chi connectivity index (χ0v) is 13.5.